The summed E-state index contributed by atoms with van der Waals surface area (Å²) in [6.45, 7) is 4.62. The van der Waals surface area contributed by atoms with Crippen LogP contribution in [0.2, 0.25) is 0 Å². The Labute approximate surface area is 147 Å². The van der Waals surface area contributed by atoms with Gasteiger partial charge in [0.1, 0.15) is 0 Å². The minimum Gasteiger partial charge on any atom is -0.399 e. The summed E-state index contributed by atoms with van der Waals surface area (Å²) >= 11 is 0. The summed E-state index contributed by atoms with van der Waals surface area (Å²) in [5.41, 5.74) is 11.6. The number of anilines is 1. The van der Waals surface area contributed by atoms with Gasteiger partial charge in [-0.1, -0.05) is 62.6 Å². The highest BCUT2D eigenvalue weighted by Crippen LogP contribution is 2.52. The molecule has 1 aliphatic carbocycles. The molecule has 0 bridgehead atoms. The van der Waals surface area contributed by atoms with Crippen molar-refractivity contribution < 1.29 is 0 Å². The van der Waals surface area contributed by atoms with Crippen LogP contribution in [-0.4, -0.2) is 0 Å². The second kappa shape index (κ2) is 7.42. The lowest BCUT2D eigenvalue weighted by molar-refractivity contribution is 0.132. The third-order valence-electron chi connectivity index (χ3n) is 6.00. The largest absolute Gasteiger partial charge is 0.399 e. The third-order valence-corrected chi connectivity index (χ3v) is 6.00. The molecular weight excluding hydrogens is 290 g/mol. The van der Waals surface area contributed by atoms with Crippen molar-refractivity contribution in [3.8, 4) is 0 Å². The molecule has 1 fully saturated rings. The Bertz CT molecular complexity index is 654. The van der Waals surface area contributed by atoms with Gasteiger partial charge in [0.2, 0.25) is 0 Å². The highest BCUT2D eigenvalue weighted by molar-refractivity contribution is 5.40. The maximum Gasteiger partial charge on any atom is 0.0314 e. The zero-order valence-corrected chi connectivity index (χ0v) is 15.2. The van der Waals surface area contributed by atoms with Crippen LogP contribution in [0.25, 0.3) is 0 Å². The van der Waals surface area contributed by atoms with Gasteiger partial charge in [-0.25, -0.2) is 0 Å². The number of rotatable bonds is 5. The standard InChI is InChI=1S/C23H31N/c1-3-15-23(17-19-11-13-20(24)14-12-19)16-7-6-10-22(23)21-9-5-4-8-18(21)2/h4-5,8-9,11-14,22H,3,6-7,10,15-17,24H2,1-2H3. The Morgan fingerprint density at radius 1 is 1.04 bits per heavy atom. The first-order valence-electron chi connectivity index (χ1n) is 9.54. The summed E-state index contributed by atoms with van der Waals surface area (Å²) in [5, 5.41) is 0. The molecule has 0 saturated heterocycles. The number of nitrogen functional groups attached to an aromatic ring is 1. The SMILES string of the molecule is CCCC1(Cc2ccc(N)cc2)CCCCC1c1ccccc1C. The van der Waals surface area contributed by atoms with E-state index in [9.17, 15) is 0 Å². The number of hydrogen-bond donors (Lipinski definition) is 1. The normalized spacial score (nSPS) is 24.0. The van der Waals surface area contributed by atoms with Gasteiger partial charge in [0.15, 0.2) is 0 Å². The Hall–Kier alpha value is -1.76. The van der Waals surface area contributed by atoms with Crippen LogP contribution < -0.4 is 5.73 Å². The summed E-state index contributed by atoms with van der Waals surface area (Å²) in [6.07, 6.45) is 9.18. The van der Waals surface area contributed by atoms with E-state index in [1.807, 2.05) is 0 Å². The van der Waals surface area contributed by atoms with Crippen LogP contribution in [0, 0.1) is 12.3 Å². The van der Waals surface area contributed by atoms with Gasteiger partial charge in [-0.05, 0) is 72.8 Å². The van der Waals surface area contributed by atoms with E-state index < -0.39 is 0 Å². The van der Waals surface area contributed by atoms with Crippen molar-refractivity contribution in [2.45, 2.75) is 64.7 Å². The Morgan fingerprint density at radius 3 is 2.50 bits per heavy atom. The third kappa shape index (κ3) is 3.50. The lowest BCUT2D eigenvalue weighted by atomic mass is 9.59. The monoisotopic (exact) mass is 321 g/mol. The summed E-state index contributed by atoms with van der Waals surface area (Å²) in [6, 6.07) is 17.6. The quantitative estimate of drug-likeness (QED) is 0.646. The lowest BCUT2D eigenvalue weighted by Gasteiger charge is -2.46. The van der Waals surface area contributed by atoms with Crippen LogP contribution in [0.5, 0.6) is 0 Å². The van der Waals surface area contributed by atoms with Gasteiger partial charge in [0, 0.05) is 5.69 Å². The topological polar surface area (TPSA) is 26.0 Å². The summed E-state index contributed by atoms with van der Waals surface area (Å²) in [5.74, 6) is 0.685. The average molecular weight is 322 g/mol. The smallest absolute Gasteiger partial charge is 0.0314 e. The summed E-state index contributed by atoms with van der Waals surface area (Å²) in [4.78, 5) is 0. The highest BCUT2D eigenvalue weighted by Gasteiger charge is 2.41. The van der Waals surface area contributed by atoms with E-state index in [-0.39, 0.29) is 0 Å². The molecule has 0 amide bonds. The molecule has 2 aromatic carbocycles. The fourth-order valence-corrected chi connectivity index (χ4v) is 4.91. The van der Waals surface area contributed by atoms with Gasteiger partial charge >= 0.3 is 0 Å². The predicted molar refractivity (Wildman–Crippen MR) is 104 cm³/mol. The van der Waals surface area contributed by atoms with E-state index in [0.29, 0.717) is 11.3 Å². The maximum absolute atomic E-state index is 5.89. The fraction of sp³-hybridized carbons (Fsp3) is 0.478. The molecule has 1 heteroatoms. The van der Waals surface area contributed by atoms with E-state index in [4.69, 9.17) is 5.73 Å². The van der Waals surface area contributed by atoms with Gasteiger partial charge in [-0.2, -0.15) is 0 Å². The van der Waals surface area contributed by atoms with Crippen molar-refractivity contribution in [2.24, 2.45) is 5.41 Å². The molecule has 0 radical (unpaired) electrons. The summed E-state index contributed by atoms with van der Waals surface area (Å²) < 4.78 is 0. The van der Waals surface area contributed by atoms with E-state index in [2.05, 4.69) is 62.4 Å². The highest BCUT2D eigenvalue weighted by atomic mass is 14.5. The van der Waals surface area contributed by atoms with Crippen LogP contribution >= 0.6 is 0 Å². The van der Waals surface area contributed by atoms with E-state index in [1.165, 1.54) is 56.1 Å². The van der Waals surface area contributed by atoms with Crippen molar-refractivity contribution in [1.29, 1.82) is 0 Å². The van der Waals surface area contributed by atoms with Crippen molar-refractivity contribution in [3.63, 3.8) is 0 Å². The van der Waals surface area contributed by atoms with E-state index in [1.54, 1.807) is 5.56 Å². The average Bonchev–Trinajstić information content (AvgIpc) is 2.59. The van der Waals surface area contributed by atoms with Crippen LogP contribution in [0.4, 0.5) is 5.69 Å². The molecule has 1 aliphatic rings. The minimum atomic E-state index is 0.398. The molecule has 2 aromatic rings. The minimum absolute atomic E-state index is 0.398. The predicted octanol–water partition coefficient (Wildman–Crippen LogP) is 6.26. The van der Waals surface area contributed by atoms with Gasteiger partial charge < -0.3 is 5.73 Å². The summed E-state index contributed by atoms with van der Waals surface area (Å²) in [7, 11) is 0. The van der Waals surface area contributed by atoms with Gasteiger partial charge in [0.25, 0.3) is 0 Å². The molecule has 2 unspecified atom stereocenters. The van der Waals surface area contributed by atoms with E-state index in [0.717, 1.165) is 5.69 Å². The molecule has 3 rings (SSSR count). The first-order chi connectivity index (χ1) is 11.6. The van der Waals surface area contributed by atoms with Gasteiger partial charge in [-0.3, -0.25) is 0 Å². The van der Waals surface area contributed by atoms with Crippen molar-refractivity contribution in [2.75, 3.05) is 5.73 Å². The van der Waals surface area contributed by atoms with Crippen LogP contribution in [0.15, 0.2) is 48.5 Å². The van der Waals surface area contributed by atoms with Crippen LogP contribution in [-0.2, 0) is 6.42 Å². The molecular formula is C23H31N. The van der Waals surface area contributed by atoms with Crippen molar-refractivity contribution >= 4 is 5.69 Å². The van der Waals surface area contributed by atoms with E-state index >= 15 is 0 Å². The number of hydrogen-bond acceptors (Lipinski definition) is 1. The Morgan fingerprint density at radius 2 is 1.79 bits per heavy atom. The molecule has 0 aromatic heterocycles. The molecule has 128 valence electrons. The van der Waals surface area contributed by atoms with Gasteiger partial charge in [-0.15, -0.1) is 0 Å². The molecule has 0 aliphatic heterocycles. The Balaban J connectivity index is 1.98. The molecule has 0 spiro atoms. The molecule has 24 heavy (non-hydrogen) atoms. The fourth-order valence-electron chi connectivity index (χ4n) is 4.91. The molecule has 1 nitrogen and oxygen atoms in total. The maximum atomic E-state index is 5.89. The molecule has 1 saturated carbocycles. The molecule has 2 atom stereocenters. The first-order valence-corrected chi connectivity index (χ1v) is 9.54. The zero-order chi connectivity index (χ0) is 17.0. The number of nitrogens with two attached hydrogens (primary N) is 1. The number of benzene rings is 2. The Kier molecular flexibility index (Phi) is 5.28. The molecule has 0 heterocycles. The van der Waals surface area contributed by atoms with Crippen molar-refractivity contribution in [3.05, 3.63) is 65.2 Å². The van der Waals surface area contributed by atoms with Crippen LogP contribution in [0.3, 0.4) is 0 Å². The second-order valence-electron chi connectivity index (χ2n) is 7.69. The first kappa shape index (κ1) is 17.1. The molecule has 2 N–H and O–H groups in total. The zero-order valence-electron chi connectivity index (χ0n) is 15.2. The number of aryl methyl sites for hydroxylation is 1. The van der Waals surface area contributed by atoms with Crippen LogP contribution in [0.1, 0.15) is 68.1 Å². The second-order valence-corrected chi connectivity index (χ2v) is 7.69. The van der Waals surface area contributed by atoms with Crippen molar-refractivity contribution in [1.82, 2.24) is 0 Å². The lowest BCUT2D eigenvalue weighted by Crippen LogP contribution is -2.35. The van der Waals surface area contributed by atoms with Gasteiger partial charge in [0.05, 0.1) is 0 Å².